The monoisotopic (exact) mass is 350 g/mol. The summed E-state index contributed by atoms with van der Waals surface area (Å²) in [4.78, 5) is 12.2. The first-order valence-corrected chi connectivity index (χ1v) is 8.55. The second-order valence-corrected chi connectivity index (χ2v) is 6.19. The molecular formula is C21H22N2O3. The topological polar surface area (TPSA) is 64.4 Å². The minimum atomic E-state index is -0.00999. The number of ether oxygens (including phenoxy) is 1. The molecule has 5 nitrogen and oxygen atoms in total. The van der Waals surface area contributed by atoms with Crippen molar-refractivity contribution in [1.29, 1.82) is 0 Å². The van der Waals surface area contributed by atoms with Gasteiger partial charge in [0.05, 0.1) is 7.11 Å². The Balaban J connectivity index is 1.56. The van der Waals surface area contributed by atoms with E-state index in [2.05, 4.69) is 16.5 Å². The van der Waals surface area contributed by atoms with Gasteiger partial charge in [0.1, 0.15) is 17.7 Å². The number of aryl methyl sites for hydroxylation is 2. The predicted molar refractivity (Wildman–Crippen MR) is 99.8 cm³/mol. The van der Waals surface area contributed by atoms with Crippen LogP contribution in [0.3, 0.4) is 0 Å². The quantitative estimate of drug-likeness (QED) is 0.702. The van der Waals surface area contributed by atoms with Crippen molar-refractivity contribution in [1.82, 2.24) is 10.5 Å². The van der Waals surface area contributed by atoms with Gasteiger partial charge in [0, 0.05) is 24.1 Å². The number of rotatable bonds is 7. The van der Waals surface area contributed by atoms with E-state index in [-0.39, 0.29) is 5.91 Å². The van der Waals surface area contributed by atoms with E-state index in [9.17, 15) is 4.79 Å². The molecule has 1 heterocycles. The molecule has 3 rings (SSSR count). The van der Waals surface area contributed by atoms with Crippen molar-refractivity contribution < 1.29 is 14.1 Å². The second kappa shape index (κ2) is 8.34. The third-order valence-corrected chi connectivity index (χ3v) is 4.18. The Labute approximate surface area is 153 Å². The lowest BCUT2D eigenvalue weighted by Gasteiger charge is -2.07. The van der Waals surface area contributed by atoms with Gasteiger partial charge < -0.3 is 14.6 Å². The molecule has 0 saturated heterocycles. The van der Waals surface area contributed by atoms with Crippen LogP contribution >= 0.6 is 0 Å². The van der Waals surface area contributed by atoms with Crippen molar-refractivity contribution >= 4 is 5.91 Å². The van der Waals surface area contributed by atoms with Gasteiger partial charge in [-0.05, 0) is 37.1 Å². The van der Waals surface area contributed by atoms with Crippen LogP contribution in [0.1, 0.15) is 23.1 Å². The Kier molecular flexibility index (Phi) is 5.69. The Morgan fingerprint density at radius 1 is 1.19 bits per heavy atom. The lowest BCUT2D eigenvalue weighted by Crippen LogP contribution is -2.23. The van der Waals surface area contributed by atoms with E-state index >= 15 is 0 Å². The number of carbonyl (C=O) groups is 1. The van der Waals surface area contributed by atoms with E-state index in [1.165, 1.54) is 0 Å². The van der Waals surface area contributed by atoms with Gasteiger partial charge in [0.15, 0.2) is 0 Å². The first-order chi connectivity index (χ1) is 12.7. The summed E-state index contributed by atoms with van der Waals surface area (Å²) in [5.41, 5.74) is 4.91. The van der Waals surface area contributed by atoms with Gasteiger partial charge in [-0.1, -0.05) is 41.1 Å². The van der Waals surface area contributed by atoms with Crippen LogP contribution in [0.15, 0.2) is 59.3 Å². The predicted octanol–water partition coefficient (Wildman–Crippen LogP) is 3.91. The van der Waals surface area contributed by atoms with E-state index in [1.807, 2.05) is 49.4 Å². The normalized spacial score (nSPS) is 10.5. The molecule has 0 unspecified atom stereocenters. The maximum Gasteiger partial charge on any atom is 0.220 e. The number of carbonyl (C=O) groups excluding carboxylic acids is 1. The average molecular weight is 350 g/mol. The lowest BCUT2D eigenvalue weighted by atomic mass is 10.0. The standard InChI is InChI=1S/C21H22N2O3/c1-15-5-3-7-17(11-15)21-18(14-26-23-21)9-10-20(24)22-13-16-6-4-8-19(12-16)25-2/h3-8,11-12,14H,9-10,13H2,1-2H3,(H,22,24). The summed E-state index contributed by atoms with van der Waals surface area (Å²) < 4.78 is 10.3. The van der Waals surface area contributed by atoms with Crippen molar-refractivity contribution in [3.63, 3.8) is 0 Å². The molecule has 1 N–H and O–H groups in total. The van der Waals surface area contributed by atoms with E-state index in [0.29, 0.717) is 19.4 Å². The highest BCUT2D eigenvalue weighted by Crippen LogP contribution is 2.24. The van der Waals surface area contributed by atoms with Crippen LogP contribution in [-0.4, -0.2) is 18.2 Å². The summed E-state index contributed by atoms with van der Waals surface area (Å²) in [6, 6.07) is 15.7. The fourth-order valence-electron chi connectivity index (χ4n) is 2.78. The van der Waals surface area contributed by atoms with E-state index in [1.54, 1.807) is 13.4 Å². The minimum absolute atomic E-state index is 0.00999. The molecule has 0 aliphatic carbocycles. The van der Waals surface area contributed by atoms with Gasteiger partial charge in [0.2, 0.25) is 5.91 Å². The first-order valence-electron chi connectivity index (χ1n) is 8.55. The Hall–Kier alpha value is -3.08. The van der Waals surface area contributed by atoms with E-state index in [0.717, 1.165) is 33.7 Å². The molecule has 0 saturated carbocycles. The van der Waals surface area contributed by atoms with E-state index < -0.39 is 0 Å². The molecule has 0 aliphatic heterocycles. The molecule has 0 bridgehead atoms. The van der Waals surface area contributed by atoms with Gasteiger partial charge >= 0.3 is 0 Å². The first kappa shape index (κ1) is 17.7. The maximum atomic E-state index is 12.2. The molecule has 0 spiro atoms. The van der Waals surface area contributed by atoms with Crippen LogP contribution in [0.2, 0.25) is 0 Å². The summed E-state index contributed by atoms with van der Waals surface area (Å²) in [7, 11) is 1.63. The number of hydrogen-bond acceptors (Lipinski definition) is 4. The Bertz CT molecular complexity index is 886. The summed E-state index contributed by atoms with van der Waals surface area (Å²) >= 11 is 0. The smallest absolute Gasteiger partial charge is 0.220 e. The van der Waals surface area contributed by atoms with Crippen LogP contribution < -0.4 is 10.1 Å². The fourth-order valence-corrected chi connectivity index (χ4v) is 2.78. The largest absolute Gasteiger partial charge is 0.497 e. The molecule has 2 aromatic carbocycles. The number of methoxy groups -OCH3 is 1. The highest BCUT2D eigenvalue weighted by molar-refractivity contribution is 5.76. The fraction of sp³-hybridized carbons (Fsp3) is 0.238. The zero-order valence-corrected chi connectivity index (χ0v) is 15.0. The van der Waals surface area contributed by atoms with Gasteiger partial charge in [-0.3, -0.25) is 4.79 Å². The molecule has 1 aromatic heterocycles. The summed E-state index contributed by atoms with van der Waals surface area (Å²) in [5.74, 6) is 0.772. The number of aromatic nitrogens is 1. The van der Waals surface area contributed by atoms with Crippen molar-refractivity contribution in [3.8, 4) is 17.0 Å². The molecule has 0 radical (unpaired) electrons. The molecular weight excluding hydrogens is 328 g/mol. The van der Waals surface area contributed by atoms with Gasteiger partial charge in [-0.2, -0.15) is 0 Å². The Morgan fingerprint density at radius 2 is 2.04 bits per heavy atom. The van der Waals surface area contributed by atoms with Crippen molar-refractivity contribution in [2.24, 2.45) is 0 Å². The lowest BCUT2D eigenvalue weighted by molar-refractivity contribution is -0.121. The number of hydrogen-bond donors (Lipinski definition) is 1. The van der Waals surface area contributed by atoms with Crippen LogP contribution in [0.25, 0.3) is 11.3 Å². The average Bonchev–Trinajstić information content (AvgIpc) is 3.13. The molecule has 0 atom stereocenters. The van der Waals surface area contributed by atoms with E-state index in [4.69, 9.17) is 9.26 Å². The zero-order valence-electron chi connectivity index (χ0n) is 15.0. The summed E-state index contributed by atoms with van der Waals surface area (Å²) in [5, 5.41) is 7.03. The second-order valence-electron chi connectivity index (χ2n) is 6.19. The van der Waals surface area contributed by atoms with Gasteiger partial charge in [0.25, 0.3) is 0 Å². The third kappa shape index (κ3) is 4.51. The molecule has 1 amide bonds. The number of nitrogens with zero attached hydrogens (tertiary/aromatic N) is 1. The molecule has 5 heteroatoms. The van der Waals surface area contributed by atoms with Crippen molar-refractivity contribution in [2.75, 3.05) is 7.11 Å². The van der Waals surface area contributed by atoms with Crippen LogP contribution in [-0.2, 0) is 17.8 Å². The highest BCUT2D eigenvalue weighted by atomic mass is 16.5. The molecule has 0 aliphatic rings. The minimum Gasteiger partial charge on any atom is -0.497 e. The third-order valence-electron chi connectivity index (χ3n) is 4.18. The number of amides is 1. The van der Waals surface area contributed by atoms with Crippen LogP contribution in [0.5, 0.6) is 5.75 Å². The van der Waals surface area contributed by atoms with Crippen molar-refractivity contribution in [3.05, 3.63) is 71.5 Å². The van der Waals surface area contributed by atoms with Gasteiger partial charge in [-0.15, -0.1) is 0 Å². The SMILES string of the molecule is COc1cccc(CNC(=O)CCc2conc2-c2cccc(C)c2)c1. The summed E-state index contributed by atoms with van der Waals surface area (Å²) in [6.45, 7) is 2.51. The molecule has 0 fully saturated rings. The maximum absolute atomic E-state index is 12.2. The van der Waals surface area contributed by atoms with Crippen molar-refractivity contribution in [2.45, 2.75) is 26.3 Å². The number of benzene rings is 2. The van der Waals surface area contributed by atoms with Crippen LogP contribution in [0.4, 0.5) is 0 Å². The molecule has 134 valence electrons. The summed E-state index contributed by atoms with van der Waals surface area (Å²) in [6.07, 6.45) is 2.58. The Morgan fingerprint density at radius 3 is 2.85 bits per heavy atom. The molecule has 26 heavy (non-hydrogen) atoms. The molecule has 3 aromatic rings. The number of nitrogens with one attached hydrogen (secondary N) is 1. The highest BCUT2D eigenvalue weighted by Gasteiger charge is 2.12. The zero-order chi connectivity index (χ0) is 18.4. The van der Waals surface area contributed by atoms with Gasteiger partial charge in [-0.25, -0.2) is 0 Å². The van der Waals surface area contributed by atoms with Crippen LogP contribution in [0, 0.1) is 6.92 Å².